The summed E-state index contributed by atoms with van der Waals surface area (Å²) in [5, 5.41) is 9.55. The molecule has 0 aliphatic heterocycles. The zero-order valence-corrected chi connectivity index (χ0v) is 11.3. The Morgan fingerprint density at radius 2 is 2.00 bits per heavy atom. The highest BCUT2D eigenvalue weighted by molar-refractivity contribution is 7.98. The van der Waals surface area contributed by atoms with Crippen LogP contribution in [0.3, 0.4) is 0 Å². The zero-order chi connectivity index (χ0) is 13.1. The first-order valence-corrected chi connectivity index (χ1v) is 6.89. The number of carbonyl (C=O) groups is 1. The third-order valence-corrected chi connectivity index (χ3v) is 3.65. The lowest BCUT2D eigenvalue weighted by atomic mass is 10.0. The number of halogens is 1. The molecule has 18 heavy (non-hydrogen) atoms. The number of aromatic carboxylic acids is 1. The maximum Gasteiger partial charge on any atom is 0.335 e. The fourth-order valence-corrected chi connectivity index (χ4v) is 2.36. The predicted molar refractivity (Wildman–Crippen MR) is 75.6 cm³/mol. The van der Waals surface area contributed by atoms with Crippen molar-refractivity contribution in [2.75, 3.05) is 6.26 Å². The van der Waals surface area contributed by atoms with Crippen molar-refractivity contribution < 1.29 is 9.90 Å². The minimum atomic E-state index is -0.950. The van der Waals surface area contributed by atoms with E-state index in [1.807, 2.05) is 30.5 Å². The highest BCUT2D eigenvalue weighted by Crippen LogP contribution is 2.31. The molecule has 1 N–H and O–H groups in total. The second kappa shape index (κ2) is 5.46. The van der Waals surface area contributed by atoms with E-state index < -0.39 is 5.97 Å². The fraction of sp³-hybridized carbons (Fsp3) is 0.0714. The molecule has 0 unspecified atom stereocenters. The third kappa shape index (κ3) is 2.68. The van der Waals surface area contributed by atoms with E-state index in [0.29, 0.717) is 5.02 Å². The average Bonchev–Trinajstić information content (AvgIpc) is 2.39. The van der Waals surface area contributed by atoms with E-state index in [-0.39, 0.29) is 5.56 Å². The fourth-order valence-electron chi connectivity index (χ4n) is 1.67. The summed E-state index contributed by atoms with van der Waals surface area (Å²) in [7, 11) is 0. The molecule has 0 radical (unpaired) electrons. The molecule has 0 saturated carbocycles. The monoisotopic (exact) mass is 278 g/mol. The lowest BCUT2D eigenvalue weighted by Gasteiger charge is -2.07. The molecule has 0 amide bonds. The summed E-state index contributed by atoms with van der Waals surface area (Å²) in [5.74, 6) is -0.950. The first-order valence-electron chi connectivity index (χ1n) is 5.29. The summed E-state index contributed by atoms with van der Waals surface area (Å²) in [6.45, 7) is 0. The van der Waals surface area contributed by atoms with Crippen molar-refractivity contribution in [2.45, 2.75) is 4.90 Å². The molecule has 0 spiro atoms. The van der Waals surface area contributed by atoms with Gasteiger partial charge in [0.05, 0.1) is 5.56 Å². The summed E-state index contributed by atoms with van der Waals surface area (Å²) in [4.78, 5) is 12.1. The number of thioether (sulfide) groups is 1. The molecule has 0 atom stereocenters. The van der Waals surface area contributed by atoms with Gasteiger partial charge in [-0.15, -0.1) is 11.8 Å². The minimum Gasteiger partial charge on any atom is -0.478 e. The van der Waals surface area contributed by atoms with Gasteiger partial charge >= 0.3 is 5.97 Å². The molecule has 0 bridgehead atoms. The van der Waals surface area contributed by atoms with Crippen LogP contribution in [0.2, 0.25) is 5.02 Å². The summed E-state index contributed by atoms with van der Waals surface area (Å²) in [5.41, 5.74) is 1.91. The number of hydrogen-bond acceptors (Lipinski definition) is 2. The Balaban J connectivity index is 2.54. The molecule has 2 aromatic carbocycles. The van der Waals surface area contributed by atoms with Crippen LogP contribution in [0, 0.1) is 0 Å². The Kier molecular flexibility index (Phi) is 3.94. The van der Waals surface area contributed by atoms with E-state index in [1.54, 1.807) is 23.9 Å². The van der Waals surface area contributed by atoms with Gasteiger partial charge in [0.15, 0.2) is 0 Å². The van der Waals surface area contributed by atoms with Gasteiger partial charge in [0.2, 0.25) is 0 Å². The van der Waals surface area contributed by atoms with Gasteiger partial charge in [-0.1, -0.05) is 23.7 Å². The highest BCUT2D eigenvalue weighted by Gasteiger charge is 2.09. The quantitative estimate of drug-likeness (QED) is 0.844. The molecule has 2 rings (SSSR count). The Morgan fingerprint density at radius 3 is 2.67 bits per heavy atom. The van der Waals surface area contributed by atoms with E-state index in [0.717, 1.165) is 16.0 Å². The van der Waals surface area contributed by atoms with Crippen molar-refractivity contribution in [1.29, 1.82) is 0 Å². The van der Waals surface area contributed by atoms with Crippen LogP contribution in [0.4, 0.5) is 0 Å². The van der Waals surface area contributed by atoms with Crippen LogP contribution in [-0.4, -0.2) is 17.3 Å². The lowest BCUT2D eigenvalue weighted by molar-refractivity contribution is 0.0697. The minimum absolute atomic E-state index is 0.240. The summed E-state index contributed by atoms with van der Waals surface area (Å²) in [6, 6.07) is 12.6. The first kappa shape index (κ1) is 13.0. The van der Waals surface area contributed by atoms with Crippen LogP contribution >= 0.6 is 23.4 Å². The van der Waals surface area contributed by atoms with Crippen LogP contribution in [0.25, 0.3) is 11.1 Å². The summed E-state index contributed by atoms with van der Waals surface area (Å²) < 4.78 is 0. The van der Waals surface area contributed by atoms with Gasteiger partial charge in [-0.2, -0.15) is 0 Å². The highest BCUT2D eigenvalue weighted by atomic mass is 35.5. The van der Waals surface area contributed by atoms with Gasteiger partial charge in [0.1, 0.15) is 0 Å². The Bertz CT molecular complexity index is 596. The van der Waals surface area contributed by atoms with Crippen molar-refractivity contribution >= 4 is 29.3 Å². The maximum absolute atomic E-state index is 11.0. The molecule has 4 heteroatoms. The van der Waals surface area contributed by atoms with E-state index in [9.17, 15) is 4.79 Å². The molecule has 0 heterocycles. The first-order chi connectivity index (χ1) is 8.61. The molecule has 92 valence electrons. The Morgan fingerprint density at radius 1 is 1.22 bits per heavy atom. The number of benzene rings is 2. The van der Waals surface area contributed by atoms with Crippen LogP contribution in [0.1, 0.15) is 10.4 Å². The van der Waals surface area contributed by atoms with Crippen molar-refractivity contribution in [3.63, 3.8) is 0 Å². The van der Waals surface area contributed by atoms with Crippen molar-refractivity contribution in [2.24, 2.45) is 0 Å². The predicted octanol–water partition coefficient (Wildman–Crippen LogP) is 4.43. The second-order valence-electron chi connectivity index (χ2n) is 3.73. The Labute approximate surface area is 115 Å². The van der Waals surface area contributed by atoms with Gasteiger partial charge in [-0.05, 0) is 42.2 Å². The van der Waals surface area contributed by atoms with Gasteiger partial charge in [0.25, 0.3) is 0 Å². The van der Waals surface area contributed by atoms with Crippen LogP contribution in [-0.2, 0) is 0 Å². The summed E-state index contributed by atoms with van der Waals surface area (Å²) in [6.07, 6.45) is 1.99. The normalized spacial score (nSPS) is 10.3. The number of rotatable bonds is 3. The largest absolute Gasteiger partial charge is 0.478 e. The van der Waals surface area contributed by atoms with E-state index in [1.165, 1.54) is 6.07 Å². The van der Waals surface area contributed by atoms with Gasteiger partial charge in [-0.25, -0.2) is 4.79 Å². The summed E-state index contributed by atoms with van der Waals surface area (Å²) >= 11 is 7.77. The van der Waals surface area contributed by atoms with E-state index >= 15 is 0 Å². The average molecular weight is 279 g/mol. The van der Waals surface area contributed by atoms with Gasteiger partial charge < -0.3 is 5.11 Å². The molecule has 0 aliphatic rings. The van der Waals surface area contributed by atoms with Crippen molar-refractivity contribution in [1.82, 2.24) is 0 Å². The molecule has 0 saturated heterocycles. The van der Waals surface area contributed by atoms with Crippen LogP contribution in [0.15, 0.2) is 47.4 Å². The lowest BCUT2D eigenvalue weighted by Crippen LogP contribution is -1.96. The van der Waals surface area contributed by atoms with Crippen molar-refractivity contribution in [3.05, 3.63) is 53.1 Å². The molecule has 0 fully saturated rings. The molecular formula is C14H11ClO2S. The standard InChI is InChI=1S/C14H11ClO2S/c1-18-11-4-2-3-9(7-11)12-8-10(14(16)17)5-6-13(12)15/h2-8H,1H3,(H,16,17). The van der Waals surface area contributed by atoms with Gasteiger partial charge in [-0.3, -0.25) is 0 Å². The van der Waals surface area contributed by atoms with Crippen LogP contribution < -0.4 is 0 Å². The molecule has 2 nitrogen and oxygen atoms in total. The number of carboxylic acids is 1. The van der Waals surface area contributed by atoms with Crippen molar-refractivity contribution in [3.8, 4) is 11.1 Å². The van der Waals surface area contributed by atoms with E-state index in [4.69, 9.17) is 16.7 Å². The smallest absolute Gasteiger partial charge is 0.335 e. The Hall–Kier alpha value is -1.45. The SMILES string of the molecule is CSc1cccc(-c2cc(C(=O)O)ccc2Cl)c1. The van der Waals surface area contributed by atoms with Crippen LogP contribution in [0.5, 0.6) is 0 Å². The molecule has 0 aromatic heterocycles. The number of hydrogen-bond donors (Lipinski definition) is 1. The molecule has 0 aliphatic carbocycles. The zero-order valence-electron chi connectivity index (χ0n) is 9.68. The topological polar surface area (TPSA) is 37.3 Å². The maximum atomic E-state index is 11.0. The van der Waals surface area contributed by atoms with E-state index in [2.05, 4.69) is 0 Å². The second-order valence-corrected chi connectivity index (χ2v) is 5.02. The molecular weight excluding hydrogens is 268 g/mol. The van der Waals surface area contributed by atoms with Gasteiger partial charge in [0, 0.05) is 15.5 Å². The number of carboxylic acid groups (broad SMARTS) is 1. The third-order valence-electron chi connectivity index (χ3n) is 2.59. The molecule has 2 aromatic rings.